The van der Waals surface area contributed by atoms with Crippen molar-refractivity contribution in [1.29, 1.82) is 0 Å². The summed E-state index contributed by atoms with van der Waals surface area (Å²) in [7, 11) is 0. The molecule has 0 spiro atoms. The summed E-state index contributed by atoms with van der Waals surface area (Å²) >= 11 is 0. The second-order valence-corrected chi connectivity index (χ2v) is 9.88. The lowest BCUT2D eigenvalue weighted by Gasteiger charge is -2.27. The van der Waals surface area contributed by atoms with Crippen LogP contribution in [0.2, 0.25) is 0 Å². The van der Waals surface area contributed by atoms with E-state index in [4.69, 9.17) is 0 Å². The molecule has 0 bridgehead atoms. The molecule has 1 unspecified atom stereocenters. The number of aliphatic hydroxyl groups is 1. The van der Waals surface area contributed by atoms with Gasteiger partial charge in [0.1, 0.15) is 0 Å². The summed E-state index contributed by atoms with van der Waals surface area (Å²) < 4.78 is 0. The molecule has 4 nitrogen and oxygen atoms in total. The maximum Gasteiger partial charge on any atom is 0.290 e. The summed E-state index contributed by atoms with van der Waals surface area (Å²) in [6, 6.07) is 26.7. The predicted octanol–water partition coefficient (Wildman–Crippen LogP) is 6.20. The summed E-state index contributed by atoms with van der Waals surface area (Å²) in [6.07, 6.45) is 3.77. The minimum atomic E-state index is -0.645. The Bertz CT molecular complexity index is 1250. The molecular weight excluding hydrogens is 434 g/mol. The number of hydrogen-bond donors (Lipinski definition) is 1. The van der Waals surface area contributed by atoms with Gasteiger partial charge >= 0.3 is 0 Å². The van der Waals surface area contributed by atoms with Gasteiger partial charge in [-0.15, -0.1) is 0 Å². The minimum Gasteiger partial charge on any atom is -0.503 e. The normalized spacial score (nSPS) is 16.4. The van der Waals surface area contributed by atoms with E-state index in [0.717, 1.165) is 22.3 Å². The summed E-state index contributed by atoms with van der Waals surface area (Å²) in [5.74, 6) is -1.35. The van der Waals surface area contributed by atoms with Gasteiger partial charge in [0.2, 0.25) is 0 Å². The highest BCUT2D eigenvalue weighted by molar-refractivity contribution is 6.14. The van der Waals surface area contributed by atoms with E-state index in [2.05, 4.69) is 20.8 Å². The molecule has 0 saturated heterocycles. The van der Waals surface area contributed by atoms with E-state index in [1.165, 1.54) is 6.08 Å². The maximum atomic E-state index is 13.3. The Hall–Kier alpha value is -3.92. The molecule has 3 aromatic carbocycles. The molecule has 0 fully saturated rings. The van der Waals surface area contributed by atoms with Crippen molar-refractivity contribution < 1.29 is 14.7 Å². The Kier molecular flexibility index (Phi) is 7.02. The first-order valence-corrected chi connectivity index (χ1v) is 11.9. The van der Waals surface area contributed by atoms with E-state index in [0.29, 0.717) is 13.0 Å². The first-order valence-electron chi connectivity index (χ1n) is 11.9. The van der Waals surface area contributed by atoms with Crippen LogP contribution in [0.25, 0.3) is 6.08 Å². The number of hydrogen-bond acceptors (Lipinski definition) is 3. The number of benzene rings is 3. The lowest BCUT2D eigenvalue weighted by Crippen LogP contribution is -2.33. The molecule has 1 aliphatic rings. The van der Waals surface area contributed by atoms with Crippen molar-refractivity contribution in [1.82, 2.24) is 4.90 Å². The third-order valence-electron chi connectivity index (χ3n) is 6.37. The topological polar surface area (TPSA) is 57.6 Å². The van der Waals surface area contributed by atoms with Crippen LogP contribution < -0.4 is 0 Å². The highest BCUT2D eigenvalue weighted by Gasteiger charge is 2.42. The summed E-state index contributed by atoms with van der Waals surface area (Å²) in [6.45, 7) is 6.81. The molecule has 1 aliphatic heterocycles. The maximum absolute atomic E-state index is 13.3. The second-order valence-electron chi connectivity index (χ2n) is 9.88. The number of carbonyl (C=O) groups is 2. The molecule has 4 rings (SSSR count). The highest BCUT2D eigenvalue weighted by atomic mass is 16.3. The van der Waals surface area contributed by atoms with E-state index in [-0.39, 0.29) is 16.8 Å². The van der Waals surface area contributed by atoms with Crippen LogP contribution in [0, 0.1) is 0 Å². The molecule has 0 saturated carbocycles. The third kappa shape index (κ3) is 5.43. The van der Waals surface area contributed by atoms with Crippen molar-refractivity contribution in [2.45, 2.75) is 38.6 Å². The van der Waals surface area contributed by atoms with Gasteiger partial charge in [0, 0.05) is 6.54 Å². The molecule has 1 heterocycles. The van der Waals surface area contributed by atoms with Crippen LogP contribution in [-0.2, 0) is 21.4 Å². The first kappa shape index (κ1) is 24.2. The summed E-state index contributed by atoms with van der Waals surface area (Å²) in [5, 5.41) is 10.8. The molecule has 35 heavy (non-hydrogen) atoms. The van der Waals surface area contributed by atoms with Crippen LogP contribution >= 0.6 is 0 Å². The summed E-state index contributed by atoms with van der Waals surface area (Å²) in [4.78, 5) is 28.1. The predicted molar refractivity (Wildman–Crippen MR) is 140 cm³/mol. The molecule has 1 atom stereocenters. The minimum absolute atomic E-state index is 0.0218. The standard InChI is InChI=1S/C31H31NO3/c1-31(2,3)25-17-15-24(16-18-25)28-27(26(33)19-14-22-10-6-4-7-11-22)29(34)30(35)32(28)21-20-23-12-8-5-9-13-23/h4-19,28,34H,20-21H2,1-3H3/b19-14+. The molecule has 178 valence electrons. The van der Waals surface area contributed by atoms with E-state index in [1.807, 2.05) is 84.9 Å². The van der Waals surface area contributed by atoms with Crippen molar-refractivity contribution >= 4 is 17.8 Å². The Morgan fingerprint density at radius 1 is 0.914 bits per heavy atom. The molecule has 0 aromatic heterocycles. The van der Waals surface area contributed by atoms with E-state index in [9.17, 15) is 14.7 Å². The largest absolute Gasteiger partial charge is 0.503 e. The molecule has 4 heteroatoms. The van der Waals surface area contributed by atoms with Crippen LogP contribution in [-0.4, -0.2) is 28.2 Å². The lowest BCUT2D eigenvalue weighted by molar-refractivity contribution is -0.129. The average Bonchev–Trinajstić information content (AvgIpc) is 3.12. The van der Waals surface area contributed by atoms with Crippen LogP contribution in [0.4, 0.5) is 0 Å². The second kappa shape index (κ2) is 10.1. The number of allylic oxidation sites excluding steroid dienone is 1. The zero-order valence-corrected chi connectivity index (χ0v) is 20.4. The Balaban J connectivity index is 1.68. The first-order chi connectivity index (χ1) is 16.8. The van der Waals surface area contributed by atoms with Crippen LogP contribution in [0.5, 0.6) is 0 Å². The third-order valence-corrected chi connectivity index (χ3v) is 6.37. The average molecular weight is 466 g/mol. The Morgan fingerprint density at radius 3 is 2.11 bits per heavy atom. The van der Waals surface area contributed by atoms with E-state index < -0.39 is 17.7 Å². The van der Waals surface area contributed by atoms with Gasteiger partial charge in [-0.25, -0.2) is 0 Å². The zero-order valence-electron chi connectivity index (χ0n) is 20.4. The van der Waals surface area contributed by atoms with Crippen LogP contribution in [0.1, 0.15) is 49.1 Å². The number of nitrogens with zero attached hydrogens (tertiary/aromatic N) is 1. The number of amides is 1. The van der Waals surface area contributed by atoms with Gasteiger partial charge in [-0.1, -0.05) is 112 Å². The van der Waals surface area contributed by atoms with Gasteiger partial charge in [0.25, 0.3) is 5.91 Å². The zero-order chi connectivity index (χ0) is 25.0. The number of carbonyl (C=O) groups excluding carboxylic acids is 2. The smallest absolute Gasteiger partial charge is 0.290 e. The van der Waals surface area contributed by atoms with Gasteiger partial charge in [-0.3, -0.25) is 9.59 Å². The van der Waals surface area contributed by atoms with Gasteiger partial charge in [0.15, 0.2) is 11.5 Å². The fourth-order valence-electron chi connectivity index (χ4n) is 4.37. The molecule has 1 amide bonds. The Morgan fingerprint density at radius 2 is 1.51 bits per heavy atom. The molecule has 0 radical (unpaired) electrons. The van der Waals surface area contributed by atoms with Crippen LogP contribution in [0.3, 0.4) is 0 Å². The monoisotopic (exact) mass is 465 g/mol. The van der Waals surface area contributed by atoms with Crippen molar-refractivity contribution in [3.63, 3.8) is 0 Å². The quantitative estimate of drug-likeness (QED) is 0.422. The highest BCUT2D eigenvalue weighted by Crippen LogP contribution is 2.38. The van der Waals surface area contributed by atoms with Crippen molar-refractivity contribution in [3.8, 4) is 0 Å². The van der Waals surface area contributed by atoms with Crippen molar-refractivity contribution in [2.24, 2.45) is 0 Å². The Labute approximate surface area is 207 Å². The van der Waals surface area contributed by atoms with Gasteiger partial charge < -0.3 is 10.0 Å². The van der Waals surface area contributed by atoms with Gasteiger partial charge in [-0.2, -0.15) is 0 Å². The van der Waals surface area contributed by atoms with E-state index >= 15 is 0 Å². The van der Waals surface area contributed by atoms with E-state index in [1.54, 1.807) is 11.0 Å². The SMILES string of the molecule is CC(C)(C)c1ccc(C2C(C(=O)/C=C/c3ccccc3)=C(O)C(=O)N2CCc2ccccc2)cc1. The van der Waals surface area contributed by atoms with Gasteiger partial charge in [0.05, 0.1) is 11.6 Å². The number of aliphatic hydroxyl groups excluding tert-OH is 1. The molecule has 1 N–H and O–H groups in total. The summed E-state index contributed by atoms with van der Waals surface area (Å²) in [5.41, 5.74) is 4.03. The lowest BCUT2D eigenvalue weighted by atomic mass is 9.85. The molecule has 0 aliphatic carbocycles. The molecular formula is C31H31NO3. The van der Waals surface area contributed by atoms with Crippen molar-refractivity contribution in [3.05, 3.63) is 125 Å². The van der Waals surface area contributed by atoms with Gasteiger partial charge in [-0.05, 0) is 40.2 Å². The molecule has 3 aromatic rings. The fourth-order valence-corrected chi connectivity index (χ4v) is 4.37. The fraction of sp³-hybridized carbons (Fsp3) is 0.226. The van der Waals surface area contributed by atoms with Crippen LogP contribution in [0.15, 0.2) is 102 Å². The number of ketones is 1. The number of rotatable bonds is 7. The van der Waals surface area contributed by atoms with Crippen molar-refractivity contribution in [2.75, 3.05) is 6.54 Å².